The Labute approximate surface area is 282 Å². The lowest BCUT2D eigenvalue weighted by Crippen LogP contribution is -2.63. The van der Waals surface area contributed by atoms with Crippen LogP contribution in [0.2, 0.25) is 0 Å². The number of carbonyl (C=O) groups is 2. The van der Waals surface area contributed by atoms with Gasteiger partial charge in [-0.05, 0) is 56.2 Å². The smallest absolute Gasteiger partial charge is 0.316 e. The fourth-order valence-corrected chi connectivity index (χ4v) is 10.7. The highest BCUT2D eigenvalue weighted by Gasteiger charge is 2.68. The summed E-state index contributed by atoms with van der Waals surface area (Å²) in [5.41, 5.74) is -1.53. The highest BCUT2D eigenvalue weighted by molar-refractivity contribution is 8.00. The molecule has 1 saturated heterocycles. The molecular formula is C35H53N3O6S2. The van der Waals surface area contributed by atoms with Gasteiger partial charge in [-0.3, -0.25) is 19.2 Å². The molecule has 4 aliphatic rings. The summed E-state index contributed by atoms with van der Waals surface area (Å²) in [5.74, 6) is 1.32. The van der Waals surface area contributed by atoms with Gasteiger partial charge in [0.25, 0.3) is 10.9 Å². The molecule has 3 saturated carbocycles. The zero-order chi connectivity index (χ0) is 33.6. The molecule has 2 bridgehead atoms. The summed E-state index contributed by atoms with van der Waals surface area (Å²) in [7, 11) is 2.04. The molecule has 1 aromatic rings. The van der Waals surface area contributed by atoms with Gasteiger partial charge in [0.1, 0.15) is 23.3 Å². The van der Waals surface area contributed by atoms with Crippen LogP contribution in [-0.2, 0) is 14.3 Å². The zero-order valence-corrected chi connectivity index (χ0v) is 30.1. The normalized spacial score (nSPS) is 38.2. The molecule has 2 N–H and O–H groups in total. The van der Waals surface area contributed by atoms with E-state index in [0.717, 1.165) is 31.6 Å². The lowest BCUT2D eigenvalue weighted by Gasteiger charge is -2.61. The fourth-order valence-electron chi connectivity index (χ4n) is 9.52. The van der Waals surface area contributed by atoms with Gasteiger partial charge in [0.05, 0.1) is 17.9 Å². The van der Waals surface area contributed by atoms with Gasteiger partial charge in [-0.15, -0.1) is 18.3 Å². The molecule has 0 aromatic heterocycles. The number of hydrogen-bond acceptors (Lipinski definition) is 11. The molecule has 11 heteroatoms. The molecule has 1 heterocycles. The average molecular weight is 676 g/mol. The van der Waals surface area contributed by atoms with Gasteiger partial charge in [0, 0.05) is 60.9 Å². The first-order valence-corrected chi connectivity index (χ1v) is 19.4. The van der Waals surface area contributed by atoms with Crippen LogP contribution in [-0.4, -0.2) is 96.7 Å². The monoisotopic (exact) mass is 675 g/mol. The van der Waals surface area contributed by atoms with Gasteiger partial charge in [-0.1, -0.05) is 33.8 Å². The molecule has 1 aliphatic heterocycles. The number of piperazine rings is 1. The van der Waals surface area contributed by atoms with Crippen LogP contribution in [0.3, 0.4) is 0 Å². The highest BCUT2D eigenvalue weighted by atomic mass is 32.2. The van der Waals surface area contributed by atoms with E-state index in [4.69, 9.17) is 4.74 Å². The average Bonchev–Trinajstić information content (AvgIpc) is 3.39. The third-order valence-corrected chi connectivity index (χ3v) is 14.2. The van der Waals surface area contributed by atoms with Crippen LogP contribution < -0.4 is 21.1 Å². The first kappa shape index (κ1) is 35.5. The minimum absolute atomic E-state index is 0.0457. The Morgan fingerprint density at radius 3 is 2.61 bits per heavy atom. The molecular weight excluding hydrogens is 623 g/mol. The molecule has 0 spiro atoms. The number of hydrogen-bond donors (Lipinski definition) is 2. The number of anilines is 2. The van der Waals surface area contributed by atoms with E-state index in [-0.39, 0.29) is 46.7 Å². The lowest BCUT2D eigenvalue weighted by molar-refractivity contribution is -0.205. The van der Waals surface area contributed by atoms with Crippen molar-refractivity contribution in [2.24, 2.45) is 34.0 Å². The molecule has 5 rings (SSSR count). The number of aliphatic hydroxyl groups excluding tert-OH is 1. The summed E-state index contributed by atoms with van der Waals surface area (Å²) in [6.45, 7) is 15.3. The van der Waals surface area contributed by atoms with Crippen LogP contribution in [0.15, 0.2) is 22.2 Å². The van der Waals surface area contributed by atoms with E-state index >= 15 is 0 Å². The van der Waals surface area contributed by atoms with Crippen molar-refractivity contribution >= 4 is 46.7 Å². The standard InChI is InChI=1S/C35H53N3O6S2/c1-8-33(4)17-25(34(5)21(2)9-11-35(22(3)32(33)43)12-10-24(39)31(34)35)44-26(40)20-46-19-23-18-37(6)14-15-38(23)28-27(29(41)30(28)42)36-13-16-45-7/h8,21-23,25,31-32,36,43H,1,9-20H2,2-7H3/t21-,22+,23?,25-,31+,32+,33-,34+,35+/m1/s1. The molecule has 46 heavy (non-hydrogen) atoms. The molecule has 9 nitrogen and oxygen atoms in total. The maximum Gasteiger partial charge on any atom is 0.316 e. The first-order chi connectivity index (χ1) is 21.7. The van der Waals surface area contributed by atoms with Crippen molar-refractivity contribution in [1.82, 2.24) is 4.90 Å². The third-order valence-electron chi connectivity index (χ3n) is 12.6. The van der Waals surface area contributed by atoms with Crippen molar-refractivity contribution in [3.63, 3.8) is 0 Å². The minimum Gasteiger partial charge on any atom is -0.461 e. The van der Waals surface area contributed by atoms with Crippen LogP contribution in [0.25, 0.3) is 0 Å². The number of rotatable bonds is 11. The Morgan fingerprint density at radius 1 is 1.17 bits per heavy atom. The summed E-state index contributed by atoms with van der Waals surface area (Å²) >= 11 is 3.15. The van der Waals surface area contributed by atoms with Crippen LogP contribution in [0.5, 0.6) is 0 Å². The Balaban J connectivity index is 1.32. The molecule has 9 atom stereocenters. The Morgan fingerprint density at radius 2 is 1.91 bits per heavy atom. The number of ether oxygens (including phenoxy) is 1. The SMILES string of the molecule is C=C[C@]1(C)C[C@@H](OC(=O)CSCC2CN(C)CCN2c2c(NCCSC)c(=O)c2=O)[C@]2(C)[C@H](C)CC[C@]3(CCC(=O)[C@H]32)[C@@H](C)[C@@H]1O. The van der Waals surface area contributed by atoms with E-state index in [9.17, 15) is 24.3 Å². The number of likely N-dealkylation sites (N-methyl/N-ethyl adjacent to an activating group) is 1. The molecule has 3 aliphatic carbocycles. The van der Waals surface area contributed by atoms with Crippen molar-refractivity contribution in [2.75, 3.05) is 67.0 Å². The number of aliphatic hydroxyl groups is 1. The second kappa shape index (κ2) is 13.6. The van der Waals surface area contributed by atoms with E-state index in [1.165, 1.54) is 11.8 Å². The van der Waals surface area contributed by atoms with Gasteiger partial charge in [-0.2, -0.15) is 11.8 Å². The molecule has 256 valence electrons. The van der Waals surface area contributed by atoms with Gasteiger partial charge >= 0.3 is 5.97 Å². The maximum atomic E-state index is 13.7. The van der Waals surface area contributed by atoms with Crippen molar-refractivity contribution in [3.8, 4) is 0 Å². The molecule has 1 aromatic carbocycles. The highest BCUT2D eigenvalue weighted by Crippen LogP contribution is 2.68. The quantitative estimate of drug-likeness (QED) is 0.154. The summed E-state index contributed by atoms with van der Waals surface area (Å²) in [6, 6.07) is -0.0457. The lowest BCUT2D eigenvalue weighted by atomic mass is 9.44. The number of carbonyl (C=O) groups excluding carboxylic acids is 2. The Hall–Kier alpha value is -1.82. The zero-order valence-electron chi connectivity index (χ0n) is 28.4. The van der Waals surface area contributed by atoms with E-state index in [0.29, 0.717) is 49.6 Å². The van der Waals surface area contributed by atoms with E-state index in [1.807, 2.05) is 31.2 Å². The minimum atomic E-state index is -0.697. The molecule has 4 fully saturated rings. The molecule has 1 unspecified atom stereocenters. The summed E-state index contributed by atoms with van der Waals surface area (Å²) in [4.78, 5) is 56.7. The van der Waals surface area contributed by atoms with Gasteiger partial charge in [0.15, 0.2) is 0 Å². The van der Waals surface area contributed by atoms with E-state index < -0.39 is 33.9 Å². The van der Waals surface area contributed by atoms with Gasteiger partial charge < -0.3 is 25.0 Å². The third kappa shape index (κ3) is 5.89. The number of nitrogens with one attached hydrogen (secondary N) is 1. The predicted octanol–water partition coefficient (Wildman–Crippen LogP) is 3.82. The van der Waals surface area contributed by atoms with Crippen molar-refractivity contribution in [1.29, 1.82) is 0 Å². The number of thioether (sulfide) groups is 2. The Bertz CT molecular complexity index is 1400. The van der Waals surface area contributed by atoms with Crippen molar-refractivity contribution in [2.45, 2.75) is 78.0 Å². The molecule has 0 radical (unpaired) electrons. The second-order valence-electron chi connectivity index (χ2n) is 15.0. The van der Waals surface area contributed by atoms with Crippen LogP contribution in [0.1, 0.15) is 59.8 Å². The summed E-state index contributed by atoms with van der Waals surface area (Å²) in [6.07, 6.45) is 6.11. The summed E-state index contributed by atoms with van der Waals surface area (Å²) < 4.78 is 6.43. The maximum absolute atomic E-state index is 13.7. The van der Waals surface area contributed by atoms with Gasteiger partial charge in [-0.25, -0.2) is 0 Å². The van der Waals surface area contributed by atoms with Gasteiger partial charge in [0.2, 0.25) is 0 Å². The largest absolute Gasteiger partial charge is 0.461 e. The van der Waals surface area contributed by atoms with Crippen LogP contribution in [0, 0.1) is 34.0 Å². The van der Waals surface area contributed by atoms with Crippen LogP contribution >= 0.6 is 23.5 Å². The fraction of sp³-hybridized carbons (Fsp3) is 0.771. The predicted molar refractivity (Wildman–Crippen MR) is 189 cm³/mol. The summed E-state index contributed by atoms with van der Waals surface area (Å²) in [5, 5.41) is 14.9. The van der Waals surface area contributed by atoms with E-state index in [2.05, 4.69) is 37.6 Å². The number of Topliss-reactive ketones (excluding diaryl/α,β-unsaturated/α-hetero) is 1. The van der Waals surface area contributed by atoms with Crippen molar-refractivity contribution < 1.29 is 19.4 Å². The Kier molecular flexibility index (Phi) is 10.5. The first-order valence-electron chi connectivity index (χ1n) is 16.9. The number of esters is 1. The van der Waals surface area contributed by atoms with E-state index in [1.54, 1.807) is 11.8 Å². The van der Waals surface area contributed by atoms with Crippen molar-refractivity contribution in [3.05, 3.63) is 33.1 Å². The number of nitrogens with zero attached hydrogens (tertiary/aromatic N) is 2. The van der Waals surface area contributed by atoms with Crippen LogP contribution in [0.4, 0.5) is 11.4 Å². The molecule has 0 amide bonds. The topological polar surface area (TPSA) is 116 Å². The second-order valence-corrected chi connectivity index (χ2v) is 17.0. The number of ketones is 1.